The van der Waals surface area contributed by atoms with Crippen LogP contribution in [0.3, 0.4) is 0 Å². The molecule has 1 amide bonds. The number of nitrogens with zero attached hydrogens (tertiary/aromatic N) is 1. The Hall–Kier alpha value is -1.71. The summed E-state index contributed by atoms with van der Waals surface area (Å²) in [6.45, 7) is 7.82. The van der Waals surface area contributed by atoms with Crippen LogP contribution in [-0.4, -0.2) is 34.8 Å². The van der Waals surface area contributed by atoms with Gasteiger partial charge in [-0.05, 0) is 58.2 Å². The topological polar surface area (TPSA) is 38.8 Å². The Bertz CT molecular complexity index is 564. The van der Waals surface area contributed by atoms with Gasteiger partial charge in [0.05, 0.1) is 0 Å². The minimum absolute atomic E-state index is 0.168. The van der Waals surface area contributed by atoms with Gasteiger partial charge in [-0.15, -0.1) is 0 Å². The van der Waals surface area contributed by atoms with Crippen molar-refractivity contribution in [2.45, 2.75) is 77.2 Å². The lowest BCUT2D eigenvalue weighted by Gasteiger charge is -2.39. The Balaban J connectivity index is 1.64. The number of fused-ring (bicyclic) bond motifs is 2. The van der Waals surface area contributed by atoms with Crippen LogP contribution in [0.2, 0.25) is 0 Å². The molecule has 126 valence electrons. The summed E-state index contributed by atoms with van der Waals surface area (Å²) >= 11 is 0. The standard InChI is InChI=1S/C19H27NO3/c1-13-6-5-7-16(10-13)22-17-11-14-8-9-15(12-17)20(14)18(21)23-19(2,3)4/h5-7,10,14-15,17H,8-9,11-12H2,1-4H3/t14-,15+,17?. The van der Waals surface area contributed by atoms with E-state index in [2.05, 4.69) is 19.1 Å². The zero-order chi connectivity index (χ0) is 16.6. The molecule has 2 saturated heterocycles. The van der Waals surface area contributed by atoms with Gasteiger partial charge in [-0.3, -0.25) is 0 Å². The largest absolute Gasteiger partial charge is 0.490 e. The van der Waals surface area contributed by atoms with Gasteiger partial charge in [-0.25, -0.2) is 4.79 Å². The molecule has 3 atom stereocenters. The van der Waals surface area contributed by atoms with Crippen molar-refractivity contribution in [1.82, 2.24) is 4.90 Å². The van der Waals surface area contributed by atoms with Gasteiger partial charge in [0.2, 0.25) is 0 Å². The van der Waals surface area contributed by atoms with Crippen LogP contribution in [-0.2, 0) is 4.74 Å². The van der Waals surface area contributed by atoms with E-state index in [0.717, 1.165) is 31.4 Å². The van der Waals surface area contributed by atoms with Crippen molar-refractivity contribution < 1.29 is 14.3 Å². The number of ether oxygens (including phenoxy) is 2. The summed E-state index contributed by atoms with van der Waals surface area (Å²) in [6.07, 6.45) is 3.91. The highest BCUT2D eigenvalue weighted by molar-refractivity contribution is 5.69. The molecule has 2 fully saturated rings. The summed E-state index contributed by atoms with van der Waals surface area (Å²) in [7, 11) is 0. The molecule has 0 saturated carbocycles. The van der Waals surface area contributed by atoms with Gasteiger partial charge >= 0.3 is 6.09 Å². The van der Waals surface area contributed by atoms with E-state index in [1.54, 1.807) is 0 Å². The third-order valence-electron chi connectivity index (χ3n) is 4.59. The second kappa shape index (κ2) is 6.06. The third-order valence-corrected chi connectivity index (χ3v) is 4.59. The number of aryl methyl sites for hydroxylation is 1. The van der Waals surface area contributed by atoms with Gasteiger partial charge in [-0.1, -0.05) is 12.1 Å². The van der Waals surface area contributed by atoms with Gasteiger partial charge < -0.3 is 14.4 Å². The molecule has 2 bridgehead atoms. The molecule has 1 aromatic rings. The molecule has 1 aromatic carbocycles. The summed E-state index contributed by atoms with van der Waals surface area (Å²) in [5.41, 5.74) is 0.766. The zero-order valence-corrected chi connectivity index (χ0v) is 14.5. The highest BCUT2D eigenvalue weighted by Gasteiger charge is 2.45. The molecular formula is C19H27NO3. The molecular weight excluding hydrogens is 290 g/mol. The molecule has 4 nitrogen and oxygen atoms in total. The molecule has 2 aliphatic rings. The number of hydrogen-bond donors (Lipinski definition) is 0. The first kappa shape index (κ1) is 16.2. The van der Waals surface area contributed by atoms with E-state index in [1.807, 2.05) is 37.8 Å². The van der Waals surface area contributed by atoms with Crippen LogP contribution in [0.25, 0.3) is 0 Å². The van der Waals surface area contributed by atoms with Crippen molar-refractivity contribution in [3.63, 3.8) is 0 Å². The molecule has 0 aromatic heterocycles. The summed E-state index contributed by atoms with van der Waals surface area (Å²) in [4.78, 5) is 14.4. The molecule has 3 rings (SSSR count). The van der Waals surface area contributed by atoms with Gasteiger partial charge in [0.1, 0.15) is 17.5 Å². The Kier molecular flexibility index (Phi) is 4.26. The third kappa shape index (κ3) is 3.80. The Labute approximate surface area is 138 Å². The lowest BCUT2D eigenvalue weighted by molar-refractivity contribution is -0.00707. The number of piperidine rings is 1. The fraction of sp³-hybridized carbons (Fsp3) is 0.632. The van der Waals surface area contributed by atoms with Crippen molar-refractivity contribution >= 4 is 6.09 Å². The van der Waals surface area contributed by atoms with E-state index < -0.39 is 5.60 Å². The summed E-state index contributed by atoms with van der Waals surface area (Å²) in [5.74, 6) is 0.931. The highest BCUT2D eigenvalue weighted by atomic mass is 16.6. The molecule has 0 N–H and O–H groups in total. The van der Waals surface area contributed by atoms with E-state index in [-0.39, 0.29) is 24.3 Å². The Morgan fingerprint density at radius 3 is 2.39 bits per heavy atom. The quantitative estimate of drug-likeness (QED) is 0.816. The van der Waals surface area contributed by atoms with E-state index in [0.29, 0.717) is 0 Å². The number of carbonyl (C=O) groups is 1. The number of benzene rings is 1. The number of amides is 1. The lowest BCUT2D eigenvalue weighted by atomic mass is 10.00. The molecule has 0 spiro atoms. The summed E-state index contributed by atoms with van der Waals surface area (Å²) in [5, 5.41) is 0. The maximum Gasteiger partial charge on any atom is 0.410 e. The molecule has 23 heavy (non-hydrogen) atoms. The van der Waals surface area contributed by atoms with Crippen molar-refractivity contribution in [3.05, 3.63) is 29.8 Å². The molecule has 0 radical (unpaired) electrons. The van der Waals surface area contributed by atoms with E-state index in [9.17, 15) is 4.79 Å². The maximum atomic E-state index is 12.4. The zero-order valence-electron chi connectivity index (χ0n) is 14.5. The van der Waals surface area contributed by atoms with Crippen molar-refractivity contribution in [3.8, 4) is 5.75 Å². The lowest BCUT2D eigenvalue weighted by Crippen LogP contribution is -2.50. The smallest absolute Gasteiger partial charge is 0.410 e. The average Bonchev–Trinajstić information content (AvgIpc) is 2.69. The normalized spacial score (nSPS) is 27.0. The predicted molar refractivity (Wildman–Crippen MR) is 89.7 cm³/mol. The second-order valence-corrected chi connectivity index (χ2v) is 7.80. The molecule has 4 heteroatoms. The first-order valence-corrected chi connectivity index (χ1v) is 8.56. The monoisotopic (exact) mass is 317 g/mol. The van der Waals surface area contributed by atoms with Gasteiger partial charge in [-0.2, -0.15) is 0 Å². The van der Waals surface area contributed by atoms with E-state index >= 15 is 0 Å². The molecule has 1 unspecified atom stereocenters. The van der Waals surface area contributed by atoms with Gasteiger partial charge in [0.15, 0.2) is 0 Å². The molecule has 2 heterocycles. The van der Waals surface area contributed by atoms with Crippen molar-refractivity contribution in [2.75, 3.05) is 0 Å². The van der Waals surface area contributed by atoms with Crippen molar-refractivity contribution in [2.24, 2.45) is 0 Å². The van der Waals surface area contributed by atoms with Crippen LogP contribution in [0.5, 0.6) is 5.75 Å². The Morgan fingerprint density at radius 1 is 1.17 bits per heavy atom. The van der Waals surface area contributed by atoms with Crippen LogP contribution in [0.15, 0.2) is 24.3 Å². The van der Waals surface area contributed by atoms with Gasteiger partial charge in [0, 0.05) is 24.9 Å². The summed E-state index contributed by atoms with van der Waals surface area (Å²) in [6, 6.07) is 8.67. The SMILES string of the molecule is Cc1cccc(OC2C[C@H]3CC[C@@H](C2)N3C(=O)OC(C)(C)C)c1. The fourth-order valence-corrected chi connectivity index (χ4v) is 3.72. The van der Waals surface area contributed by atoms with Crippen LogP contribution in [0.4, 0.5) is 4.79 Å². The van der Waals surface area contributed by atoms with Crippen molar-refractivity contribution in [1.29, 1.82) is 0 Å². The number of rotatable bonds is 2. The van der Waals surface area contributed by atoms with Crippen LogP contribution >= 0.6 is 0 Å². The highest BCUT2D eigenvalue weighted by Crippen LogP contribution is 2.38. The first-order valence-electron chi connectivity index (χ1n) is 8.56. The van der Waals surface area contributed by atoms with E-state index in [4.69, 9.17) is 9.47 Å². The predicted octanol–water partition coefficient (Wildman–Crippen LogP) is 4.30. The van der Waals surface area contributed by atoms with Crippen LogP contribution in [0, 0.1) is 6.92 Å². The number of carbonyl (C=O) groups excluding carboxylic acids is 1. The summed E-state index contributed by atoms with van der Waals surface area (Å²) < 4.78 is 11.7. The minimum Gasteiger partial charge on any atom is -0.490 e. The van der Waals surface area contributed by atoms with Gasteiger partial charge in [0.25, 0.3) is 0 Å². The minimum atomic E-state index is -0.439. The van der Waals surface area contributed by atoms with Crippen LogP contribution < -0.4 is 4.74 Å². The Morgan fingerprint density at radius 2 is 1.83 bits per heavy atom. The molecule has 2 aliphatic heterocycles. The first-order chi connectivity index (χ1) is 10.8. The van der Waals surface area contributed by atoms with E-state index in [1.165, 1.54) is 5.56 Å². The number of hydrogen-bond acceptors (Lipinski definition) is 3. The second-order valence-electron chi connectivity index (χ2n) is 7.80. The average molecular weight is 317 g/mol. The molecule has 0 aliphatic carbocycles. The van der Waals surface area contributed by atoms with Crippen LogP contribution in [0.1, 0.15) is 52.0 Å². The fourth-order valence-electron chi connectivity index (χ4n) is 3.72. The maximum absolute atomic E-state index is 12.4.